The molecule has 0 aromatic heterocycles. The molecule has 0 spiro atoms. The summed E-state index contributed by atoms with van der Waals surface area (Å²) in [5, 5.41) is 17.6. The van der Waals surface area contributed by atoms with E-state index in [1.165, 1.54) is 6.92 Å². The van der Waals surface area contributed by atoms with Crippen LogP contribution in [0.1, 0.15) is 20.3 Å². The number of carboxylic acids is 1. The van der Waals surface area contributed by atoms with Crippen LogP contribution in [-0.2, 0) is 14.8 Å². The number of aliphatic hydroxyl groups is 1. The minimum Gasteiger partial charge on any atom is -0.480 e. The van der Waals surface area contributed by atoms with E-state index in [0.717, 1.165) is 0 Å². The van der Waals surface area contributed by atoms with Crippen LogP contribution in [0.25, 0.3) is 0 Å². The Morgan fingerprint density at radius 3 is 2.29 bits per heavy atom. The summed E-state index contributed by atoms with van der Waals surface area (Å²) in [4.78, 5) is 10.5. The Kier molecular flexibility index (Phi) is 5.03. The number of aliphatic hydroxyl groups excluding tert-OH is 1. The van der Waals surface area contributed by atoms with Gasteiger partial charge in [-0.05, 0) is 13.3 Å². The summed E-state index contributed by atoms with van der Waals surface area (Å²) in [6.07, 6.45) is -0.874. The first kappa shape index (κ1) is 13.3. The maximum Gasteiger partial charge on any atom is 0.324 e. The molecular formula is C7H15NO5S. The lowest BCUT2D eigenvalue weighted by molar-refractivity contribution is -0.141. The zero-order chi connectivity index (χ0) is 11.4. The van der Waals surface area contributed by atoms with Crippen molar-refractivity contribution in [2.75, 3.05) is 5.75 Å². The predicted molar refractivity (Wildman–Crippen MR) is 50.3 cm³/mol. The molecule has 0 fully saturated rings. The average molecular weight is 225 g/mol. The fourth-order valence-electron chi connectivity index (χ4n) is 0.876. The number of carboxylic acid groups (broad SMARTS) is 1. The molecule has 0 aromatic carbocycles. The van der Waals surface area contributed by atoms with Gasteiger partial charge in [0.25, 0.3) is 0 Å². The van der Waals surface area contributed by atoms with Crippen LogP contribution in [0.4, 0.5) is 0 Å². The van der Waals surface area contributed by atoms with Crippen molar-refractivity contribution in [2.24, 2.45) is 0 Å². The Balaban J connectivity index is 4.53. The Hall–Kier alpha value is -0.660. The highest BCUT2D eigenvalue weighted by Crippen LogP contribution is 1.98. The van der Waals surface area contributed by atoms with Gasteiger partial charge in [0.15, 0.2) is 0 Å². The summed E-state index contributed by atoms with van der Waals surface area (Å²) in [5.74, 6) is -1.54. The molecule has 0 aromatic rings. The number of nitrogens with one attached hydrogen (secondary N) is 1. The lowest BCUT2D eigenvalue weighted by Crippen LogP contribution is -2.48. The van der Waals surface area contributed by atoms with E-state index in [1.54, 1.807) is 6.92 Å². The van der Waals surface area contributed by atoms with Crippen molar-refractivity contribution in [3.05, 3.63) is 0 Å². The van der Waals surface area contributed by atoms with E-state index >= 15 is 0 Å². The fraction of sp³-hybridized carbons (Fsp3) is 0.857. The van der Waals surface area contributed by atoms with Gasteiger partial charge in [0.2, 0.25) is 10.0 Å². The summed E-state index contributed by atoms with van der Waals surface area (Å²) >= 11 is 0. The number of sulfonamides is 1. The molecule has 14 heavy (non-hydrogen) atoms. The topological polar surface area (TPSA) is 104 Å². The second kappa shape index (κ2) is 5.28. The summed E-state index contributed by atoms with van der Waals surface area (Å²) in [6.45, 7) is 2.88. The fourth-order valence-corrected chi connectivity index (χ4v) is 2.22. The zero-order valence-corrected chi connectivity index (χ0v) is 8.91. The third-order valence-corrected chi connectivity index (χ3v) is 3.09. The third-order valence-electron chi connectivity index (χ3n) is 1.53. The smallest absolute Gasteiger partial charge is 0.324 e. The summed E-state index contributed by atoms with van der Waals surface area (Å²) in [6, 6.07) is -1.48. The van der Waals surface area contributed by atoms with Gasteiger partial charge < -0.3 is 10.2 Å². The van der Waals surface area contributed by atoms with Gasteiger partial charge in [-0.25, -0.2) is 8.42 Å². The molecule has 6 nitrogen and oxygen atoms in total. The highest BCUT2D eigenvalue weighted by atomic mass is 32.2. The number of carbonyl (C=O) groups is 1. The van der Waals surface area contributed by atoms with Crippen LogP contribution >= 0.6 is 0 Å². The molecule has 0 unspecified atom stereocenters. The maximum atomic E-state index is 11.2. The molecule has 2 atom stereocenters. The minimum absolute atomic E-state index is 0.149. The van der Waals surface area contributed by atoms with Crippen molar-refractivity contribution in [3.8, 4) is 0 Å². The monoisotopic (exact) mass is 225 g/mol. The van der Waals surface area contributed by atoms with Crippen LogP contribution in [0.2, 0.25) is 0 Å². The molecule has 0 rings (SSSR count). The third kappa shape index (κ3) is 4.54. The first-order chi connectivity index (χ1) is 6.30. The van der Waals surface area contributed by atoms with Crippen molar-refractivity contribution in [1.29, 1.82) is 0 Å². The Morgan fingerprint density at radius 2 is 2.00 bits per heavy atom. The second-order valence-corrected chi connectivity index (χ2v) is 4.87. The Labute approximate surface area is 83.0 Å². The first-order valence-corrected chi connectivity index (χ1v) is 5.86. The molecule has 0 saturated carbocycles. The van der Waals surface area contributed by atoms with E-state index in [-0.39, 0.29) is 5.75 Å². The van der Waals surface area contributed by atoms with Gasteiger partial charge in [0.1, 0.15) is 6.04 Å². The number of aliphatic carboxylic acids is 1. The molecular weight excluding hydrogens is 210 g/mol. The van der Waals surface area contributed by atoms with E-state index in [9.17, 15) is 13.2 Å². The van der Waals surface area contributed by atoms with Crippen molar-refractivity contribution in [3.63, 3.8) is 0 Å². The number of rotatable bonds is 6. The molecule has 0 aliphatic rings. The molecule has 0 amide bonds. The quantitative estimate of drug-likeness (QED) is 0.546. The van der Waals surface area contributed by atoms with Crippen molar-refractivity contribution >= 4 is 16.0 Å². The van der Waals surface area contributed by atoms with Gasteiger partial charge in [-0.1, -0.05) is 6.92 Å². The van der Waals surface area contributed by atoms with Crippen LogP contribution in [0.5, 0.6) is 0 Å². The molecule has 0 bridgehead atoms. The molecule has 84 valence electrons. The van der Waals surface area contributed by atoms with Gasteiger partial charge in [-0.3, -0.25) is 4.79 Å². The highest BCUT2D eigenvalue weighted by Gasteiger charge is 2.27. The molecule has 0 saturated heterocycles. The van der Waals surface area contributed by atoms with Crippen LogP contribution in [0.15, 0.2) is 0 Å². The van der Waals surface area contributed by atoms with Gasteiger partial charge in [-0.15, -0.1) is 0 Å². The lowest BCUT2D eigenvalue weighted by atomic mass is 10.2. The summed E-state index contributed by atoms with van der Waals surface area (Å²) < 4.78 is 24.2. The molecule has 0 aliphatic heterocycles. The lowest BCUT2D eigenvalue weighted by Gasteiger charge is -2.16. The van der Waals surface area contributed by atoms with Crippen molar-refractivity contribution < 1.29 is 23.4 Å². The average Bonchev–Trinajstić information content (AvgIpc) is 1.99. The molecule has 0 radical (unpaired) electrons. The Bertz CT molecular complexity index is 284. The Morgan fingerprint density at radius 1 is 1.50 bits per heavy atom. The highest BCUT2D eigenvalue weighted by molar-refractivity contribution is 7.89. The zero-order valence-electron chi connectivity index (χ0n) is 8.10. The van der Waals surface area contributed by atoms with Gasteiger partial charge >= 0.3 is 5.97 Å². The minimum atomic E-state index is -3.61. The van der Waals surface area contributed by atoms with Crippen LogP contribution in [0.3, 0.4) is 0 Å². The van der Waals surface area contributed by atoms with Crippen LogP contribution in [0, 0.1) is 0 Å². The molecule has 0 aliphatic carbocycles. The van der Waals surface area contributed by atoms with E-state index < -0.39 is 28.1 Å². The van der Waals surface area contributed by atoms with E-state index in [2.05, 4.69) is 0 Å². The van der Waals surface area contributed by atoms with E-state index in [4.69, 9.17) is 10.2 Å². The molecule has 7 heteroatoms. The molecule has 3 N–H and O–H groups in total. The van der Waals surface area contributed by atoms with Crippen LogP contribution < -0.4 is 4.72 Å². The second-order valence-electron chi connectivity index (χ2n) is 2.99. The van der Waals surface area contributed by atoms with Crippen LogP contribution in [-0.4, -0.2) is 42.5 Å². The number of hydrogen-bond donors (Lipinski definition) is 3. The molecule has 0 heterocycles. The van der Waals surface area contributed by atoms with Gasteiger partial charge in [-0.2, -0.15) is 4.72 Å². The predicted octanol–water partition coefficient (Wildman–Crippen LogP) is -0.850. The van der Waals surface area contributed by atoms with E-state index in [0.29, 0.717) is 6.42 Å². The first-order valence-electron chi connectivity index (χ1n) is 4.21. The SMILES string of the molecule is CCCS(=O)(=O)N[C@@H](C(=O)O)[C@H](C)O. The summed E-state index contributed by atoms with van der Waals surface area (Å²) in [5.41, 5.74) is 0. The van der Waals surface area contributed by atoms with Crippen molar-refractivity contribution in [1.82, 2.24) is 4.72 Å². The number of hydrogen-bond acceptors (Lipinski definition) is 4. The van der Waals surface area contributed by atoms with Gasteiger partial charge in [0.05, 0.1) is 11.9 Å². The van der Waals surface area contributed by atoms with E-state index in [1.807, 2.05) is 4.72 Å². The maximum absolute atomic E-state index is 11.2. The van der Waals surface area contributed by atoms with Crippen molar-refractivity contribution in [2.45, 2.75) is 32.4 Å². The standard InChI is InChI=1S/C7H15NO5S/c1-3-4-14(12,13)8-6(5(2)9)7(10)11/h5-6,8-9H,3-4H2,1-2H3,(H,10,11)/t5-,6+/m0/s1. The largest absolute Gasteiger partial charge is 0.480 e. The summed E-state index contributed by atoms with van der Waals surface area (Å²) in [7, 11) is -3.61. The van der Waals surface area contributed by atoms with Gasteiger partial charge in [0, 0.05) is 0 Å². The normalized spacial score (nSPS) is 16.2.